The number of hydrogen-bond acceptors (Lipinski definition) is 4. The molecule has 2 rings (SSSR count). The number of halogens is 2. The molecule has 1 fully saturated rings. The molecule has 0 aromatic heterocycles. The Hall–Kier alpha value is -1.01. The first-order chi connectivity index (χ1) is 9.95. The molecular formula is C14H18Cl2N2O3. The lowest BCUT2D eigenvalue weighted by atomic mass is 10.2. The predicted octanol–water partition coefficient (Wildman–Crippen LogP) is 2.29. The fourth-order valence-electron chi connectivity index (χ4n) is 2.51. The molecular weight excluding hydrogens is 315 g/mol. The number of phenolic OH excluding ortho intramolecular Hbond substituents is 1. The van der Waals surface area contributed by atoms with E-state index in [0.29, 0.717) is 23.7 Å². The maximum atomic E-state index is 10.8. The summed E-state index contributed by atoms with van der Waals surface area (Å²) in [5.74, 6) is -0.740. The van der Waals surface area contributed by atoms with Gasteiger partial charge in [0.25, 0.3) is 0 Å². The average molecular weight is 333 g/mol. The lowest BCUT2D eigenvalue weighted by molar-refractivity contribution is -0.138. The number of carboxylic acids is 1. The van der Waals surface area contributed by atoms with Crippen LogP contribution in [0.4, 0.5) is 0 Å². The van der Waals surface area contributed by atoms with Gasteiger partial charge in [0.1, 0.15) is 5.75 Å². The highest BCUT2D eigenvalue weighted by molar-refractivity contribution is 6.35. The molecule has 0 saturated carbocycles. The van der Waals surface area contributed by atoms with Gasteiger partial charge in [-0.15, -0.1) is 0 Å². The van der Waals surface area contributed by atoms with Gasteiger partial charge in [0, 0.05) is 36.8 Å². The molecule has 1 aromatic rings. The van der Waals surface area contributed by atoms with Crippen LogP contribution >= 0.6 is 23.2 Å². The second-order valence-electron chi connectivity index (χ2n) is 5.19. The molecule has 0 bridgehead atoms. The van der Waals surface area contributed by atoms with Crippen LogP contribution in [0.2, 0.25) is 10.0 Å². The Labute approximate surface area is 133 Å². The molecule has 0 aliphatic carbocycles. The first-order valence-electron chi connectivity index (χ1n) is 6.79. The summed E-state index contributed by atoms with van der Waals surface area (Å²) in [6, 6.07) is 3.22. The van der Waals surface area contributed by atoms with E-state index in [9.17, 15) is 9.90 Å². The SMILES string of the molecule is O=C(O)CN1CCCN(Cc2cc(Cl)cc(Cl)c2O)CC1. The van der Waals surface area contributed by atoms with E-state index in [2.05, 4.69) is 4.90 Å². The Morgan fingerprint density at radius 1 is 1.14 bits per heavy atom. The molecule has 0 amide bonds. The number of nitrogens with zero attached hydrogens (tertiary/aromatic N) is 2. The van der Waals surface area contributed by atoms with Gasteiger partial charge in [-0.1, -0.05) is 23.2 Å². The second-order valence-corrected chi connectivity index (χ2v) is 6.04. The van der Waals surface area contributed by atoms with Crippen molar-refractivity contribution in [3.63, 3.8) is 0 Å². The first-order valence-corrected chi connectivity index (χ1v) is 7.54. The van der Waals surface area contributed by atoms with E-state index < -0.39 is 5.97 Å². The van der Waals surface area contributed by atoms with Crippen LogP contribution < -0.4 is 0 Å². The summed E-state index contributed by atoms with van der Waals surface area (Å²) in [5.41, 5.74) is 0.694. The molecule has 5 nitrogen and oxygen atoms in total. The number of carbonyl (C=O) groups is 1. The lowest BCUT2D eigenvalue weighted by Crippen LogP contribution is -2.34. The van der Waals surface area contributed by atoms with Crippen LogP contribution in [0.5, 0.6) is 5.75 Å². The molecule has 1 heterocycles. The summed E-state index contributed by atoms with van der Waals surface area (Å²) in [6.07, 6.45) is 0.891. The normalized spacial score (nSPS) is 17.6. The lowest BCUT2D eigenvalue weighted by Gasteiger charge is -2.21. The number of hydrogen-bond donors (Lipinski definition) is 2. The van der Waals surface area contributed by atoms with Gasteiger partial charge in [-0.25, -0.2) is 0 Å². The number of benzene rings is 1. The summed E-state index contributed by atoms with van der Waals surface area (Å²) < 4.78 is 0. The summed E-state index contributed by atoms with van der Waals surface area (Å²) in [6.45, 7) is 3.68. The van der Waals surface area contributed by atoms with Crippen LogP contribution in [-0.2, 0) is 11.3 Å². The summed E-state index contributed by atoms with van der Waals surface area (Å²) in [5, 5.41) is 19.6. The number of aromatic hydroxyl groups is 1. The molecule has 1 aliphatic rings. The van der Waals surface area contributed by atoms with Gasteiger partial charge in [0.2, 0.25) is 0 Å². The number of phenols is 1. The van der Waals surface area contributed by atoms with Gasteiger partial charge in [-0.05, 0) is 25.1 Å². The highest BCUT2D eigenvalue weighted by atomic mass is 35.5. The molecule has 0 atom stereocenters. The van der Waals surface area contributed by atoms with E-state index in [4.69, 9.17) is 28.3 Å². The predicted molar refractivity (Wildman–Crippen MR) is 82.1 cm³/mol. The van der Waals surface area contributed by atoms with Gasteiger partial charge in [0.05, 0.1) is 11.6 Å². The second kappa shape index (κ2) is 7.31. The monoisotopic (exact) mass is 332 g/mol. The number of rotatable bonds is 4. The first kappa shape index (κ1) is 16.4. The van der Waals surface area contributed by atoms with Crippen LogP contribution in [-0.4, -0.2) is 58.7 Å². The Morgan fingerprint density at radius 2 is 1.81 bits per heavy atom. The third-order valence-electron chi connectivity index (χ3n) is 3.54. The number of carboxylic acid groups (broad SMARTS) is 1. The van der Waals surface area contributed by atoms with Crippen LogP contribution in [0.3, 0.4) is 0 Å². The van der Waals surface area contributed by atoms with Crippen LogP contribution in [0.1, 0.15) is 12.0 Å². The van der Waals surface area contributed by atoms with Crippen LogP contribution in [0, 0.1) is 0 Å². The molecule has 1 aromatic carbocycles. The zero-order valence-corrected chi connectivity index (χ0v) is 13.1. The Bertz CT molecular complexity index is 525. The van der Waals surface area contributed by atoms with E-state index >= 15 is 0 Å². The topological polar surface area (TPSA) is 64.0 Å². The standard InChI is InChI=1S/C14H18Cl2N2O3/c15-11-6-10(14(21)12(16)7-11)8-17-2-1-3-18(5-4-17)9-13(19)20/h6-7,21H,1-5,8-9H2,(H,19,20). The van der Waals surface area contributed by atoms with E-state index in [1.54, 1.807) is 6.07 Å². The molecule has 1 aliphatic heterocycles. The van der Waals surface area contributed by atoms with E-state index in [0.717, 1.165) is 26.1 Å². The van der Waals surface area contributed by atoms with Crippen molar-refractivity contribution in [1.82, 2.24) is 9.80 Å². The molecule has 7 heteroatoms. The van der Waals surface area contributed by atoms with Crippen molar-refractivity contribution in [2.24, 2.45) is 0 Å². The van der Waals surface area contributed by atoms with Crippen molar-refractivity contribution in [3.05, 3.63) is 27.7 Å². The van der Waals surface area contributed by atoms with Crippen molar-refractivity contribution in [1.29, 1.82) is 0 Å². The molecule has 2 N–H and O–H groups in total. The zero-order valence-electron chi connectivity index (χ0n) is 11.6. The molecule has 21 heavy (non-hydrogen) atoms. The van der Waals surface area contributed by atoms with Gasteiger partial charge in [0.15, 0.2) is 0 Å². The Balaban J connectivity index is 1.99. The molecule has 1 saturated heterocycles. The molecule has 0 spiro atoms. The van der Waals surface area contributed by atoms with Crippen molar-refractivity contribution >= 4 is 29.2 Å². The minimum Gasteiger partial charge on any atom is -0.506 e. The van der Waals surface area contributed by atoms with Crippen molar-refractivity contribution in [2.45, 2.75) is 13.0 Å². The summed E-state index contributed by atoms with van der Waals surface area (Å²) in [4.78, 5) is 14.8. The zero-order chi connectivity index (χ0) is 15.4. The fraction of sp³-hybridized carbons (Fsp3) is 0.500. The highest BCUT2D eigenvalue weighted by Crippen LogP contribution is 2.32. The minimum atomic E-state index is -0.803. The van der Waals surface area contributed by atoms with E-state index in [1.807, 2.05) is 4.90 Å². The van der Waals surface area contributed by atoms with Gasteiger partial charge in [-0.3, -0.25) is 14.6 Å². The quantitative estimate of drug-likeness (QED) is 0.885. The van der Waals surface area contributed by atoms with Crippen LogP contribution in [0.25, 0.3) is 0 Å². The third kappa shape index (κ3) is 4.74. The molecule has 0 radical (unpaired) electrons. The van der Waals surface area contributed by atoms with E-state index in [-0.39, 0.29) is 17.3 Å². The maximum absolute atomic E-state index is 10.8. The van der Waals surface area contributed by atoms with Crippen molar-refractivity contribution in [3.8, 4) is 5.75 Å². The Morgan fingerprint density at radius 3 is 2.52 bits per heavy atom. The van der Waals surface area contributed by atoms with Crippen molar-refractivity contribution < 1.29 is 15.0 Å². The molecule has 116 valence electrons. The van der Waals surface area contributed by atoms with Crippen LogP contribution in [0.15, 0.2) is 12.1 Å². The maximum Gasteiger partial charge on any atom is 0.317 e. The van der Waals surface area contributed by atoms with Gasteiger partial charge in [-0.2, -0.15) is 0 Å². The van der Waals surface area contributed by atoms with Crippen molar-refractivity contribution in [2.75, 3.05) is 32.7 Å². The van der Waals surface area contributed by atoms with Gasteiger partial charge < -0.3 is 10.2 Å². The Kier molecular flexibility index (Phi) is 5.70. The third-order valence-corrected chi connectivity index (χ3v) is 4.05. The molecule has 0 unspecified atom stereocenters. The average Bonchev–Trinajstić information content (AvgIpc) is 2.60. The fourth-order valence-corrected chi connectivity index (χ4v) is 3.05. The number of aliphatic carboxylic acids is 1. The smallest absolute Gasteiger partial charge is 0.317 e. The minimum absolute atomic E-state index is 0.0627. The van der Waals surface area contributed by atoms with Gasteiger partial charge >= 0.3 is 5.97 Å². The van der Waals surface area contributed by atoms with E-state index in [1.165, 1.54) is 6.07 Å². The highest BCUT2D eigenvalue weighted by Gasteiger charge is 2.18. The largest absolute Gasteiger partial charge is 0.506 e. The summed E-state index contributed by atoms with van der Waals surface area (Å²) >= 11 is 11.9. The summed E-state index contributed by atoms with van der Waals surface area (Å²) in [7, 11) is 0.